The van der Waals surface area contributed by atoms with E-state index in [-0.39, 0.29) is 16.8 Å². The lowest BCUT2D eigenvalue weighted by Crippen LogP contribution is -2.53. The molecule has 2 aliphatic heterocycles. The summed E-state index contributed by atoms with van der Waals surface area (Å²) in [5, 5.41) is 4.11. The summed E-state index contributed by atoms with van der Waals surface area (Å²) >= 11 is 0. The van der Waals surface area contributed by atoms with Gasteiger partial charge in [0.2, 0.25) is 11.8 Å². The molecule has 0 aromatic heterocycles. The molecule has 2 aliphatic rings. The van der Waals surface area contributed by atoms with Crippen LogP contribution in [-0.2, 0) is 9.59 Å². The Labute approximate surface area is 111 Å². The van der Waals surface area contributed by atoms with E-state index < -0.39 is 36.1 Å². The van der Waals surface area contributed by atoms with Crippen LogP contribution < -0.4 is 15.5 Å². The maximum absolute atomic E-state index is 11.7. The number of carbonyl (C=O) groups is 5. The lowest BCUT2D eigenvalue weighted by Gasteiger charge is -2.24. The summed E-state index contributed by atoms with van der Waals surface area (Å²) in [7, 11) is 0. The minimum Gasteiger partial charge on any atom is -0.288 e. The van der Waals surface area contributed by atoms with Gasteiger partial charge in [-0.3, -0.25) is 29.8 Å². The smallest absolute Gasteiger partial charge is 0.288 e. The van der Waals surface area contributed by atoms with Crippen LogP contribution in [0.4, 0.5) is 10.5 Å². The zero-order chi connectivity index (χ0) is 14.4. The quantitative estimate of drug-likeness (QED) is 0.531. The minimum atomic E-state index is -0.879. The van der Waals surface area contributed by atoms with Crippen LogP contribution in [0, 0.1) is 0 Å². The first kappa shape index (κ1) is 12.0. The third-order valence-corrected chi connectivity index (χ3v) is 2.99. The van der Waals surface area contributed by atoms with Gasteiger partial charge in [0.1, 0.15) is 6.42 Å². The van der Waals surface area contributed by atoms with E-state index in [4.69, 9.17) is 0 Å². The number of amides is 6. The van der Waals surface area contributed by atoms with E-state index in [1.54, 1.807) is 0 Å². The summed E-state index contributed by atoms with van der Waals surface area (Å²) in [6.45, 7) is 0. The van der Waals surface area contributed by atoms with Gasteiger partial charge in [-0.15, -0.1) is 0 Å². The number of imide groups is 3. The van der Waals surface area contributed by atoms with Gasteiger partial charge in [0, 0.05) is 0 Å². The van der Waals surface area contributed by atoms with Crippen molar-refractivity contribution >= 4 is 35.3 Å². The predicted octanol–water partition coefficient (Wildman–Crippen LogP) is -0.457. The van der Waals surface area contributed by atoms with Crippen molar-refractivity contribution in [2.24, 2.45) is 0 Å². The van der Waals surface area contributed by atoms with Crippen LogP contribution >= 0.6 is 0 Å². The van der Waals surface area contributed by atoms with Gasteiger partial charge in [-0.25, -0.2) is 9.69 Å². The third-order valence-electron chi connectivity index (χ3n) is 2.99. The second-order valence-electron chi connectivity index (χ2n) is 4.27. The number of carbonyl (C=O) groups excluding carboxylic acids is 5. The van der Waals surface area contributed by atoms with Crippen LogP contribution in [0.25, 0.3) is 0 Å². The summed E-state index contributed by atoms with van der Waals surface area (Å²) in [6.07, 6.45) is -0.450. The number of hydrogen-bond donors (Lipinski definition) is 2. The monoisotopic (exact) mass is 273 g/mol. The molecule has 1 aromatic rings. The van der Waals surface area contributed by atoms with Crippen molar-refractivity contribution in [1.82, 2.24) is 10.6 Å². The maximum Gasteiger partial charge on any atom is 0.335 e. The minimum absolute atomic E-state index is 0.0880. The molecule has 3 rings (SSSR count). The molecule has 20 heavy (non-hydrogen) atoms. The molecule has 1 fully saturated rings. The molecule has 2 heterocycles. The third kappa shape index (κ3) is 1.66. The van der Waals surface area contributed by atoms with Crippen molar-refractivity contribution in [2.45, 2.75) is 6.42 Å². The number of benzene rings is 1. The number of rotatable bonds is 1. The molecule has 0 aliphatic carbocycles. The van der Waals surface area contributed by atoms with Crippen LogP contribution in [-0.4, -0.2) is 29.7 Å². The Morgan fingerprint density at radius 1 is 0.900 bits per heavy atom. The fraction of sp³-hybridized carbons (Fsp3) is 0.0833. The second kappa shape index (κ2) is 3.98. The van der Waals surface area contributed by atoms with E-state index in [0.29, 0.717) is 0 Å². The molecule has 1 saturated heterocycles. The van der Waals surface area contributed by atoms with Crippen molar-refractivity contribution in [3.63, 3.8) is 0 Å². The highest BCUT2D eigenvalue weighted by molar-refractivity contribution is 6.27. The van der Waals surface area contributed by atoms with Crippen molar-refractivity contribution < 1.29 is 24.0 Å². The fourth-order valence-corrected chi connectivity index (χ4v) is 2.11. The van der Waals surface area contributed by atoms with Crippen LogP contribution in [0.15, 0.2) is 18.2 Å². The Morgan fingerprint density at radius 2 is 1.60 bits per heavy atom. The number of barbiturate groups is 1. The Bertz CT molecular complexity index is 689. The first-order valence-corrected chi connectivity index (χ1v) is 5.64. The van der Waals surface area contributed by atoms with Crippen LogP contribution in [0.5, 0.6) is 0 Å². The number of fused-ring (bicyclic) bond motifs is 1. The normalized spacial score (nSPS) is 18.0. The molecule has 8 heteroatoms. The Balaban J connectivity index is 2.04. The molecule has 0 bridgehead atoms. The molecule has 0 radical (unpaired) electrons. The molecule has 2 N–H and O–H groups in total. The van der Waals surface area contributed by atoms with Gasteiger partial charge in [-0.05, 0) is 18.2 Å². The highest BCUT2D eigenvalue weighted by Crippen LogP contribution is 2.24. The SMILES string of the molecule is O=C1CC(=O)N(c2ccc3c(c2)C(=O)NC3=O)C(=O)N1. The van der Waals surface area contributed by atoms with E-state index in [0.717, 1.165) is 4.90 Å². The molecule has 8 nitrogen and oxygen atoms in total. The topological polar surface area (TPSA) is 113 Å². The van der Waals surface area contributed by atoms with E-state index in [2.05, 4.69) is 5.32 Å². The summed E-state index contributed by atoms with van der Waals surface area (Å²) in [6, 6.07) is 3.10. The largest absolute Gasteiger partial charge is 0.335 e. The van der Waals surface area contributed by atoms with Gasteiger partial charge in [0.05, 0.1) is 16.8 Å². The molecule has 0 atom stereocenters. The lowest BCUT2D eigenvalue weighted by atomic mass is 10.1. The molecule has 0 unspecified atom stereocenters. The van der Waals surface area contributed by atoms with Gasteiger partial charge in [0.15, 0.2) is 0 Å². The highest BCUT2D eigenvalue weighted by atomic mass is 16.2. The molecular weight excluding hydrogens is 266 g/mol. The number of urea groups is 1. The van der Waals surface area contributed by atoms with Crippen LogP contribution in [0.3, 0.4) is 0 Å². The predicted molar refractivity (Wildman–Crippen MR) is 63.9 cm³/mol. The standard InChI is InChI=1S/C12H7N3O5/c16-8-4-9(17)15(12(20)13-8)5-1-2-6-7(3-5)11(19)14-10(6)18/h1-3H,4H2,(H,13,16,20)(H,14,18,19). The second-order valence-corrected chi connectivity index (χ2v) is 4.27. The molecular formula is C12H7N3O5. The van der Waals surface area contributed by atoms with Gasteiger partial charge in [-0.2, -0.15) is 0 Å². The first-order chi connectivity index (χ1) is 9.47. The van der Waals surface area contributed by atoms with E-state index in [9.17, 15) is 24.0 Å². The average molecular weight is 273 g/mol. The van der Waals surface area contributed by atoms with E-state index >= 15 is 0 Å². The van der Waals surface area contributed by atoms with Gasteiger partial charge >= 0.3 is 6.03 Å². The Morgan fingerprint density at radius 3 is 2.30 bits per heavy atom. The summed E-state index contributed by atoms with van der Waals surface area (Å²) in [5.41, 5.74) is 0.397. The zero-order valence-electron chi connectivity index (χ0n) is 9.93. The van der Waals surface area contributed by atoms with Crippen molar-refractivity contribution in [3.05, 3.63) is 29.3 Å². The summed E-state index contributed by atoms with van der Waals surface area (Å²) in [5.74, 6) is -2.48. The zero-order valence-corrected chi connectivity index (χ0v) is 9.93. The van der Waals surface area contributed by atoms with Gasteiger partial charge in [0.25, 0.3) is 11.8 Å². The fourth-order valence-electron chi connectivity index (χ4n) is 2.11. The first-order valence-electron chi connectivity index (χ1n) is 5.64. The molecule has 6 amide bonds. The number of nitrogens with one attached hydrogen (secondary N) is 2. The van der Waals surface area contributed by atoms with Crippen molar-refractivity contribution in [1.29, 1.82) is 0 Å². The molecule has 0 spiro atoms. The Kier molecular flexibility index (Phi) is 2.40. The molecule has 100 valence electrons. The van der Waals surface area contributed by atoms with Crippen LogP contribution in [0.1, 0.15) is 27.1 Å². The summed E-state index contributed by atoms with van der Waals surface area (Å²) < 4.78 is 0. The number of hydrogen-bond acceptors (Lipinski definition) is 5. The molecule has 1 aromatic carbocycles. The van der Waals surface area contributed by atoms with E-state index in [1.807, 2.05) is 5.32 Å². The average Bonchev–Trinajstić information content (AvgIpc) is 2.63. The van der Waals surface area contributed by atoms with Gasteiger partial charge < -0.3 is 0 Å². The summed E-state index contributed by atoms with van der Waals surface area (Å²) in [4.78, 5) is 58.2. The van der Waals surface area contributed by atoms with Gasteiger partial charge in [-0.1, -0.05) is 0 Å². The number of nitrogens with zero attached hydrogens (tertiary/aromatic N) is 1. The maximum atomic E-state index is 11.7. The van der Waals surface area contributed by atoms with Crippen LogP contribution in [0.2, 0.25) is 0 Å². The Hall–Kier alpha value is -3.03. The van der Waals surface area contributed by atoms with E-state index in [1.165, 1.54) is 18.2 Å². The van der Waals surface area contributed by atoms with Crippen molar-refractivity contribution in [2.75, 3.05) is 4.90 Å². The number of anilines is 1. The highest BCUT2D eigenvalue weighted by Gasteiger charge is 2.34. The molecule has 0 saturated carbocycles. The lowest BCUT2D eigenvalue weighted by molar-refractivity contribution is -0.128. The van der Waals surface area contributed by atoms with Crippen molar-refractivity contribution in [3.8, 4) is 0 Å².